The molecule has 0 atom stereocenters. The van der Waals surface area contributed by atoms with Gasteiger partial charge in [0, 0.05) is 33.7 Å². The minimum atomic E-state index is -0.144. The number of hydrogen-bond donors (Lipinski definition) is 1. The highest BCUT2D eigenvalue weighted by Gasteiger charge is 2.13. The summed E-state index contributed by atoms with van der Waals surface area (Å²) in [6.45, 7) is 2.73. The number of amides is 1. The molecule has 4 rings (SSSR count). The van der Waals surface area contributed by atoms with Crippen LogP contribution in [0.25, 0.3) is 10.9 Å². The smallest absolute Gasteiger partial charge is 0.244 e. The van der Waals surface area contributed by atoms with Gasteiger partial charge in [-0.1, -0.05) is 78.3 Å². The Morgan fingerprint density at radius 1 is 1.00 bits per heavy atom. The molecule has 1 N–H and O–H groups in total. The number of nitrogens with one attached hydrogen (secondary N) is 1. The molecule has 1 heterocycles. The number of rotatable bonds is 6. The van der Waals surface area contributed by atoms with Crippen molar-refractivity contribution in [3.63, 3.8) is 0 Å². The first-order valence-electron chi connectivity index (χ1n) is 9.80. The van der Waals surface area contributed by atoms with Crippen LogP contribution in [0.3, 0.4) is 0 Å². The average Bonchev–Trinajstić information content (AvgIpc) is 3.02. The van der Waals surface area contributed by atoms with E-state index in [-0.39, 0.29) is 5.91 Å². The Morgan fingerprint density at radius 3 is 2.50 bits per heavy atom. The minimum absolute atomic E-state index is 0.144. The van der Waals surface area contributed by atoms with Crippen LogP contribution in [-0.2, 0) is 17.8 Å². The van der Waals surface area contributed by atoms with E-state index in [1.54, 1.807) is 6.21 Å². The van der Waals surface area contributed by atoms with Crippen molar-refractivity contribution in [1.29, 1.82) is 0 Å². The Kier molecular flexibility index (Phi) is 5.96. The lowest BCUT2D eigenvalue weighted by Gasteiger charge is -2.10. The van der Waals surface area contributed by atoms with E-state index in [9.17, 15) is 4.79 Å². The maximum Gasteiger partial charge on any atom is 0.244 e. The average molecular weight is 416 g/mol. The van der Waals surface area contributed by atoms with E-state index >= 15 is 0 Å². The van der Waals surface area contributed by atoms with Crippen molar-refractivity contribution in [2.75, 3.05) is 0 Å². The van der Waals surface area contributed by atoms with Gasteiger partial charge in [0.25, 0.3) is 0 Å². The summed E-state index contributed by atoms with van der Waals surface area (Å²) in [5.74, 6) is -0.144. The van der Waals surface area contributed by atoms with Crippen molar-refractivity contribution in [3.05, 3.63) is 106 Å². The quantitative estimate of drug-likeness (QED) is 0.335. The molecule has 150 valence electrons. The zero-order valence-corrected chi connectivity index (χ0v) is 17.4. The number of carbonyl (C=O) groups is 1. The third-order valence-electron chi connectivity index (χ3n) is 5.16. The molecule has 0 aliphatic carbocycles. The number of fused-ring (bicyclic) bond motifs is 1. The summed E-state index contributed by atoms with van der Waals surface area (Å²) in [4.78, 5) is 12.2. The normalized spacial score (nSPS) is 11.3. The van der Waals surface area contributed by atoms with Crippen LogP contribution in [0.1, 0.15) is 22.4 Å². The SMILES string of the molecule is Cc1c(/C=N\NC(=O)Cc2ccccc2)c2ccccc2n1Cc1ccccc1Cl. The minimum Gasteiger partial charge on any atom is -0.340 e. The predicted molar refractivity (Wildman–Crippen MR) is 123 cm³/mol. The maximum absolute atomic E-state index is 12.2. The Morgan fingerprint density at radius 2 is 1.70 bits per heavy atom. The highest BCUT2D eigenvalue weighted by atomic mass is 35.5. The van der Waals surface area contributed by atoms with Crippen LogP contribution in [0, 0.1) is 6.92 Å². The first-order chi connectivity index (χ1) is 14.6. The van der Waals surface area contributed by atoms with Crippen LogP contribution >= 0.6 is 11.6 Å². The molecule has 1 amide bonds. The number of halogens is 1. The van der Waals surface area contributed by atoms with E-state index in [2.05, 4.69) is 34.2 Å². The predicted octanol–water partition coefficient (Wildman–Crippen LogP) is 5.34. The van der Waals surface area contributed by atoms with Gasteiger partial charge in [-0.25, -0.2) is 5.43 Å². The summed E-state index contributed by atoms with van der Waals surface area (Å²) in [5.41, 5.74) is 7.81. The molecule has 4 nitrogen and oxygen atoms in total. The molecule has 0 aliphatic rings. The second kappa shape index (κ2) is 8.97. The van der Waals surface area contributed by atoms with Gasteiger partial charge in [0.15, 0.2) is 0 Å². The lowest BCUT2D eigenvalue weighted by molar-refractivity contribution is -0.120. The van der Waals surface area contributed by atoms with Gasteiger partial charge in [0.2, 0.25) is 5.91 Å². The molecular weight excluding hydrogens is 394 g/mol. The van der Waals surface area contributed by atoms with E-state index in [1.165, 1.54) is 0 Å². The lowest BCUT2D eigenvalue weighted by atomic mass is 10.1. The second-order valence-corrected chi connectivity index (χ2v) is 7.56. The second-order valence-electron chi connectivity index (χ2n) is 7.15. The third kappa shape index (κ3) is 4.29. The van der Waals surface area contributed by atoms with Crippen LogP contribution in [-0.4, -0.2) is 16.7 Å². The summed E-state index contributed by atoms with van der Waals surface area (Å²) in [7, 11) is 0. The Balaban J connectivity index is 1.58. The number of nitrogens with zero attached hydrogens (tertiary/aromatic N) is 2. The Hall–Kier alpha value is -3.37. The standard InChI is InChI=1S/C25H22ClN3O/c1-18-22(16-27-28-25(30)15-19-9-3-2-4-10-19)21-12-6-8-14-24(21)29(18)17-20-11-5-7-13-23(20)26/h2-14,16H,15,17H2,1H3,(H,28,30)/b27-16-. The summed E-state index contributed by atoms with van der Waals surface area (Å²) in [5, 5.41) is 6.06. The van der Waals surface area contributed by atoms with E-state index < -0.39 is 0 Å². The maximum atomic E-state index is 12.2. The molecule has 0 saturated carbocycles. The molecule has 5 heteroatoms. The monoisotopic (exact) mass is 415 g/mol. The molecule has 3 aromatic carbocycles. The number of benzene rings is 3. The molecule has 0 fully saturated rings. The van der Waals surface area contributed by atoms with E-state index in [0.29, 0.717) is 13.0 Å². The molecule has 4 aromatic rings. The van der Waals surface area contributed by atoms with Gasteiger partial charge >= 0.3 is 0 Å². The van der Waals surface area contributed by atoms with Gasteiger partial charge in [-0.15, -0.1) is 0 Å². The number of hydrogen-bond acceptors (Lipinski definition) is 2. The fourth-order valence-corrected chi connectivity index (χ4v) is 3.81. The number of hydrazone groups is 1. The van der Waals surface area contributed by atoms with Gasteiger partial charge in [0.1, 0.15) is 0 Å². The zero-order chi connectivity index (χ0) is 20.9. The molecule has 0 saturated heterocycles. The van der Waals surface area contributed by atoms with Crippen molar-refractivity contribution in [2.45, 2.75) is 19.9 Å². The van der Waals surface area contributed by atoms with E-state index in [0.717, 1.165) is 38.3 Å². The van der Waals surface area contributed by atoms with Crippen molar-refractivity contribution in [3.8, 4) is 0 Å². The highest BCUT2D eigenvalue weighted by Crippen LogP contribution is 2.27. The lowest BCUT2D eigenvalue weighted by Crippen LogP contribution is -2.19. The van der Waals surface area contributed by atoms with Gasteiger partial charge in [-0.2, -0.15) is 5.10 Å². The van der Waals surface area contributed by atoms with Crippen LogP contribution in [0.15, 0.2) is 84.0 Å². The Labute approximate surface area is 180 Å². The third-order valence-corrected chi connectivity index (χ3v) is 5.53. The largest absolute Gasteiger partial charge is 0.340 e. The number of para-hydroxylation sites is 1. The van der Waals surface area contributed by atoms with E-state index in [4.69, 9.17) is 11.6 Å². The molecule has 0 unspecified atom stereocenters. The fourth-order valence-electron chi connectivity index (χ4n) is 3.61. The van der Waals surface area contributed by atoms with Crippen LogP contribution in [0.5, 0.6) is 0 Å². The summed E-state index contributed by atoms with van der Waals surface area (Å²) in [6.07, 6.45) is 2.02. The van der Waals surface area contributed by atoms with Crippen LogP contribution in [0.4, 0.5) is 0 Å². The highest BCUT2D eigenvalue weighted by molar-refractivity contribution is 6.31. The Bertz CT molecular complexity index is 1210. The number of aromatic nitrogens is 1. The summed E-state index contributed by atoms with van der Waals surface area (Å²) >= 11 is 6.38. The van der Waals surface area contributed by atoms with Crippen molar-refractivity contribution in [1.82, 2.24) is 9.99 Å². The molecule has 0 bridgehead atoms. The molecule has 0 spiro atoms. The van der Waals surface area contributed by atoms with Crippen molar-refractivity contribution in [2.24, 2.45) is 5.10 Å². The first kappa shape index (κ1) is 19.9. The molecule has 30 heavy (non-hydrogen) atoms. The summed E-state index contributed by atoms with van der Waals surface area (Å²) < 4.78 is 2.23. The van der Waals surface area contributed by atoms with Crippen molar-refractivity contribution < 1.29 is 4.79 Å². The fraction of sp³-hybridized carbons (Fsp3) is 0.120. The topological polar surface area (TPSA) is 46.4 Å². The van der Waals surface area contributed by atoms with Crippen molar-refractivity contribution >= 4 is 34.6 Å². The molecule has 1 aromatic heterocycles. The molecule has 0 aliphatic heterocycles. The molecular formula is C25H22ClN3O. The number of carbonyl (C=O) groups excluding carboxylic acids is 1. The first-order valence-corrected chi connectivity index (χ1v) is 10.2. The van der Waals surface area contributed by atoms with E-state index in [1.807, 2.05) is 66.7 Å². The van der Waals surface area contributed by atoms with Gasteiger partial charge in [-0.3, -0.25) is 4.79 Å². The summed E-state index contributed by atoms with van der Waals surface area (Å²) in [6, 6.07) is 25.7. The van der Waals surface area contributed by atoms with Crippen LogP contribution < -0.4 is 5.43 Å². The molecule has 0 radical (unpaired) electrons. The van der Waals surface area contributed by atoms with Gasteiger partial charge < -0.3 is 4.57 Å². The van der Waals surface area contributed by atoms with Gasteiger partial charge in [0.05, 0.1) is 12.6 Å². The van der Waals surface area contributed by atoms with Gasteiger partial charge in [-0.05, 0) is 30.2 Å². The van der Waals surface area contributed by atoms with Crippen LogP contribution in [0.2, 0.25) is 5.02 Å². The zero-order valence-electron chi connectivity index (χ0n) is 16.7.